The second-order valence-corrected chi connectivity index (χ2v) is 5.61. The highest BCUT2D eigenvalue weighted by Gasteiger charge is 2.26. The van der Waals surface area contributed by atoms with Crippen molar-refractivity contribution >= 4 is 11.3 Å². The van der Waals surface area contributed by atoms with Gasteiger partial charge in [0.2, 0.25) is 0 Å². The van der Waals surface area contributed by atoms with Crippen LogP contribution in [0, 0.1) is 5.92 Å². The maximum atomic E-state index is 3.43. The summed E-state index contributed by atoms with van der Waals surface area (Å²) in [6, 6.07) is 5.10. The molecule has 0 aromatic carbocycles. The Bertz CT molecular complexity index is 291. The van der Waals surface area contributed by atoms with Gasteiger partial charge in [0.25, 0.3) is 0 Å². The van der Waals surface area contributed by atoms with Crippen LogP contribution in [0.4, 0.5) is 0 Å². The number of hydrogen-bond acceptors (Lipinski definition) is 3. The molecule has 0 bridgehead atoms. The Morgan fingerprint density at radius 1 is 1.44 bits per heavy atom. The first kappa shape index (κ1) is 12.1. The van der Waals surface area contributed by atoms with Crippen molar-refractivity contribution in [1.29, 1.82) is 0 Å². The first-order chi connectivity index (χ1) is 7.83. The molecule has 0 amide bonds. The number of rotatable bonds is 4. The fraction of sp³-hybridized carbons (Fsp3) is 0.692. The van der Waals surface area contributed by atoms with Gasteiger partial charge < -0.3 is 5.32 Å². The van der Waals surface area contributed by atoms with E-state index >= 15 is 0 Å². The van der Waals surface area contributed by atoms with Crippen LogP contribution in [-0.4, -0.2) is 31.1 Å². The first-order valence-corrected chi connectivity index (χ1v) is 7.19. The fourth-order valence-electron chi connectivity index (χ4n) is 2.46. The van der Waals surface area contributed by atoms with E-state index in [0.29, 0.717) is 6.04 Å². The molecule has 2 atom stereocenters. The number of nitrogens with one attached hydrogen (secondary N) is 1. The lowest BCUT2D eigenvalue weighted by molar-refractivity contribution is 0.131. The second kappa shape index (κ2) is 5.80. The van der Waals surface area contributed by atoms with Gasteiger partial charge in [0.1, 0.15) is 0 Å². The molecule has 1 aromatic rings. The Morgan fingerprint density at radius 2 is 2.19 bits per heavy atom. The molecule has 1 saturated heterocycles. The predicted molar refractivity (Wildman–Crippen MR) is 71.0 cm³/mol. The molecule has 0 spiro atoms. The van der Waals surface area contributed by atoms with Gasteiger partial charge in [-0.1, -0.05) is 26.3 Å². The molecule has 90 valence electrons. The SMILES string of the molecule is CCC(C)[C@@H](c1cccs1)N1CCNCC1. The zero-order valence-electron chi connectivity index (χ0n) is 10.3. The zero-order valence-corrected chi connectivity index (χ0v) is 11.1. The molecule has 16 heavy (non-hydrogen) atoms. The third-order valence-electron chi connectivity index (χ3n) is 3.56. The van der Waals surface area contributed by atoms with E-state index in [0.717, 1.165) is 19.0 Å². The van der Waals surface area contributed by atoms with Gasteiger partial charge in [-0.25, -0.2) is 0 Å². The topological polar surface area (TPSA) is 15.3 Å². The van der Waals surface area contributed by atoms with E-state index in [2.05, 4.69) is 41.6 Å². The highest BCUT2D eigenvalue weighted by molar-refractivity contribution is 7.10. The second-order valence-electron chi connectivity index (χ2n) is 4.63. The van der Waals surface area contributed by atoms with E-state index in [9.17, 15) is 0 Å². The lowest BCUT2D eigenvalue weighted by atomic mass is 9.95. The highest BCUT2D eigenvalue weighted by atomic mass is 32.1. The van der Waals surface area contributed by atoms with Crippen molar-refractivity contribution in [2.45, 2.75) is 26.3 Å². The van der Waals surface area contributed by atoms with E-state index in [1.165, 1.54) is 24.4 Å². The summed E-state index contributed by atoms with van der Waals surface area (Å²) in [5.74, 6) is 0.747. The molecule has 2 heterocycles. The molecule has 1 aliphatic rings. The Hall–Kier alpha value is -0.380. The largest absolute Gasteiger partial charge is 0.314 e. The molecule has 0 radical (unpaired) electrons. The Labute approximate surface area is 103 Å². The van der Waals surface area contributed by atoms with Crippen LogP contribution in [0.15, 0.2) is 17.5 Å². The van der Waals surface area contributed by atoms with Crippen molar-refractivity contribution < 1.29 is 0 Å². The molecule has 1 aliphatic heterocycles. The third-order valence-corrected chi connectivity index (χ3v) is 4.51. The lowest BCUT2D eigenvalue weighted by Gasteiger charge is -2.37. The van der Waals surface area contributed by atoms with E-state index in [4.69, 9.17) is 0 Å². The van der Waals surface area contributed by atoms with Gasteiger partial charge in [0.15, 0.2) is 0 Å². The normalized spacial score (nSPS) is 21.9. The van der Waals surface area contributed by atoms with Crippen molar-refractivity contribution in [3.8, 4) is 0 Å². The van der Waals surface area contributed by atoms with Gasteiger partial charge in [-0.3, -0.25) is 4.90 Å². The highest BCUT2D eigenvalue weighted by Crippen LogP contribution is 2.33. The summed E-state index contributed by atoms with van der Waals surface area (Å²) in [7, 11) is 0. The van der Waals surface area contributed by atoms with Gasteiger partial charge in [0.05, 0.1) is 0 Å². The molecule has 1 fully saturated rings. The average Bonchev–Trinajstić information content (AvgIpc) is 2.84. The van der Waals surface area contributed by atoms with Crippen LogP contribution < -0.4 is 5.32 Å². The maximum absolute atomic E-state index is 3.43. The molecule has 2 nitrogen and oxygen atoms in total. The molecule has 1 aromatic heterocycles. The van der Waals surface area contributed by atoms with Crippen LogP contribution in [-0.2, 0) is 0 Å². The van der Waals surface area contributed by atoms with Gasteiger partial charge in [-0.15, -0.1) is 11.3 Å². The standard InChI is InChI=1S/C13H22N2S/c1-3-11(2)13(12-5-4-10-16-12)15-8-6-14-7-9-15/h4-5,10-11,13-14H,3,6-9H2,1-2H3/t11?,13-/m0/s1. The van der Waals surface area contributed by atoms with Crippen molar-refractivity contribution in [3.63, 3.8) is 0 Å². The Balaban J connectivity index is 2.13. The molecule has 3 heteroatoms. The summed E-state index contributed by atoms with van der Waals surface area (Å²) in [5, 5.41) is 5.63. The van der Waals surface area contributed by atoms with E-state index in [-0.39, 0.29) is 0 Å². The Morgan fingerprint density at radius 3 is 2.75 bits per heavy atom. The van der Waals surface area contributed by atoms with Crippen molar-refractivity contribution in [2.75, 3.05) is 26.2 Å². The minimum Gasteiger partial charge on any atom is -0.314 e. The summed E-state index contributed by atoms with van der Waals surface area (Å²) in [5.41, 5.74) is 0. The quantitative estimate of drug-likeness (QED) is 0.867. The lowest BCUT2D eigenvalue weighted by Crippen LogP contribution is -2.46. The molecular weight excluding hydrogens is 216 g/mol. The average molecular weight is 238 g/mol. The van der Waals surface area contributed by atoms with Gasteiger partial charge >= 0.3 is 0 Å². The molecule has 2 rings (SSSR count). The van der Waals surface area contributed by atoms with E-state index in [1.54, 1.807) is 0 Å². The summed E-state index contributed by atoms with van der Waals surface area (Å²) < 4.78 is 0. The van der Waals surface area contributed by atoms with Gasteiger partial charge in [-0.05, 0) is 17.4 Å². The molecule has 1 N–H and O–H groups in total. The van der Waals surface area contributed by atoms with Crippen LogP contribution in [0.5, 0.6) is 0 Å². The minimum absolute atomic E-state index is 0.632. The number of thiophene rings is 1. The van der Waals surface area contributed by atoms with Crippen molar-refractivity contribution in [1.82, 2.24) is 10.2 Å². The van der Waals surface area contributed by atoms with Crippen LogP contribution in [0.1, 0.15) is 31.2 Å². The number of nitrogens with zero attached hydrogens (tertiary/aromatic N) is 1. The van der Waals surface area contributed by atoms with Crippen molar-refractivity contribution in [2.24, 2.45) is 5.92 Å². The molecular formula is C13H22N2S. The summed E-state index contributed by atoms with van der Waals surface area (Å²) >= 11 is 1.91. The molecule has 0 aliphatic carbocycles. The first-order valence-electron chi connectivity index (χ1n) is 6.31. The van der Waals surface area contributed by atoms with E-state index < -0.39 is 0 Å². The van der Waals surface area contributed by atoms with Crippen LogP contribution in [0.2, 0.25) is 0 Å². The number of hydrogen-bond donors (Lipinski definition) is 1. The van der Waals surface area contributed by atoms with Gasteiger partial charge in [-0.2, -0.15) is 0 Å². The summed E-state index contributed by atoms with van der Waals surface area (Å²) in [6.07, 6.45) is 1.26. The number of piperazine rings is 1. The smallest absolute Gasteiger partial charge is 0.0467 e. The predicted octanol–water partition coefficient (Wildman–Crippen LogP) is 2.74. The maximum Gasteiger partial charge on any atom is 0.0467 e. The third kappa shape index (κ3) is 2.65. The molecule has 0 saturated carbocycles. The zero-order chi connectivity index (χ0) is 11.4. The van der Waals surface area contributed by atoms with Gasteiger partial charge in [0, 0.05) is 37.1 Å². The van der Waals surface area contributed by atoms with Crippen molar-refractivity contribution in [3.05, 3.63) is 22.4 Å². The van der Waals surface area contributed by atoms with Crippen LogP contribution in [0.3, 0.4) is 0 Å². The van der Waals surface area contributed by atoms with E-state index in [1.807, 2.05) is 11.3 Å². The van der Waals surface area contributed by atoms with Crippen LogP contribution in [0.25, 0.3) is 0 Å². The molecule has 1 unspecified atom stereocenters. The summed E-state index contributed by atoms with van der Waals surface area (Å²) in [4.78, 5) is 4.19. The Kier molecular flexibility index (Phi) is 4.38. The minimum atomic E-state index is 0.632. The summed E-state index contributed by atoms with van der Waals surface area (Å²) in [6.45, 7) is 9.33. The monoisotopic (exact) mass is 238 g/mol. The fourth-order valence-corrected chi connectivity index (χ4v) is 3.46. The van der Waals surface area contributed by atoms with Crippen LogP contribution >= 0.6 is 11.3 Å².